The molecule has 0 saturated heterocycles. The van der Waals surface area contributed by atoms with Gasteiger partial charge in [0, 0.05) is 18.7 Å². The van der Waals surface area contributed by atoms with Crippen LogP contribution in [0.3, 0.4) is 0 Å². The molecular weight excluding hydrogens is 407 g/mol. The second kappa shape index (κ2) is 9.35. The van der Waals surface area contributed by atoms with Crippen molar-refractivity contribution in [3.8, 4) is 23.1 Å². The quantitative estimate of drug-likeness (QED) is 0.524. The van der Waals surface area contributed by atoms with Crippen molar-refractivity contribution < 1.29 is 17.9 Å². The van der Waals surface area contributed by atoms with Gasteiger partial charge in [-0.2, -0.15) is 18.4 Å². The highest BCUT2D eigenvalue weighted by Gasteiger charge is 2.35. The molecule has 0 amide bonds. The molecule has 31 heavy (non-hydrogen) atoms. The molecule has 0 aliphatic carbocycles. The molecule has 3 rings (SSSR count). The van der Waals surface area contributed by atoms with Crippen molar-refractivity contribution >= 4 is 11.0 Å². The standard InChI is InChI=1S/C22H24F3N5O/c1-4-14(2)27-8-5-9-31-20-7-6-15(10-16(20)22(23,24)25)17-11-19-21(18(12-26)29-17)28-13-30(19)3/h6-7,10-11,13-14,27H,4-5,8-9H2,1-3H3. The van der Waals surface area contributed by atoms with Gasteiger partial charge < -0.3 is 14.6 Å². The van der Waals surface area contributed by atoms with E-state index in [1.165, 1.54) is 18.5 Å². The van der Waals surface area contributed by atoms with Gasteiger partial charge >= 0.3 is 6.18 Å². The van der Waals surface area contributed by atoms with Gasteiger partial charge in [0.2, 0.25) is 0 Å². The summed E-state index contributed by atoms with van der Waals surface area (Å²) in [6, 6.07) is 7.78. The van der Waals surface area contributed by atoms with Crippen LogP contribution in [0.2, 0.25) is 0 Å². The third kappa shape index (κ3) is 5.14. The van der Waals surface area contributed by atoms with Gasteiger partial charge in [0.1, 0.15) is 17.3 Å². The number of alkyl halides is 3. The van der Waals surface area contributed by atoms with Gasteiger partial charge in [0.25, 0.3) is 0 Å². The lowest BCUT2D eigenvalue weighted by Crippen LogP contribution is -2.27. The third-order valence-corrected chi connectivity index (χ3v) is 5.08. The van der Waals surface area contributed by atoms with E-state index in [0.29, 0.717) is 30.0 Å². The Morgan fingerprint density at radius 2 is 2.06 bits per heavy atom. The molecule has 0 fully saturated rings. The van der Waals surface area contributed by atoms with Crippen LogP contribution >= 0.6 is 0 Å². The third-order valence-electron chi connectivity index (χ3n) is 5.08. The van der Waals surface area contributed by atoms with Crippen molar-refractivity contribution in [2.45, 2.75) is 38.9 Å². The van der Waals surface area contributed by atoms with E-state index in [-0.39, 0.29) is 29.3 Å². The predicted molar refractivity (Wildman–Crippen MR) is 112 cm³/mol. The van der Waals surface area contributed by atoms with Crippen molar-refractivity contribution in [2.24, 2.45) is 7.05 Å². The maximum Gasteiger partial charge on any atom is 0.419 e. The number of fused-ring (bicyclic) bond motifs is 1. The molecule has 2 aromatic heterocycles. The van der Waals surface area contributed by atoms with E-state index < -0.39 is 11.7 Å². The number of benzene rings is 1. The monoisotopic (exact) mass is 431 g/mol. The minimum Gasteiger partial charge on any atom is -0.493 e. The molecule has 3 aromatic rings. The van der Waals surface area contributed by atoms with Crippen LogP contribution < -0.4 is 10.1 Å². The second-order valence-electron chi connectivity index (χ2n) is 7.37. The average Bonchev–Trinajstić information content (AvgIpc) is 3.12. The second-order valence-corrected chi connectivity index (χ2v) is 7.37. The Hall–Kier alpha value is -3.12. The molecule has 1 aromatic carbocycles. The number of aromatic nitrogens is 3. The van der Waals surface area contributed by atoms with Crippen molar-refractivity contribution in [2.75, 3.05) is 13.2 Å². The Morgan fingerprint density at radius 1 is 1.29 bits per heavy atom. The Bertz CT molecular complexity index is 1100. The van der Waals surface area contributed by atoms with Gasteiger partial charge in [-0.1, -0.05) is 6.92 Å². The molecule has 1 N–H and O–H groups in total. The minimum absolute atomic E-state index is 0.0655. The first-order valence-corrected chi connectivity index (χ1v) is 10.0. The van der Waals surface area contributed by atoms with Crippen molar-refractivity contribution in [1.29, 1.82) is 5.26 Å². The topological polar surface area (TPSA) is 75.8 Å². The maximum atomic E-state index is 13.7. The summed E-state index contributed by atoms with van der Waals surface area (Å²) >= 11 is 0. The number of aryl methyl sites for hydroxylation is 1. The summed E-state index contributed by atoms with van der Waals surface area (Å²) in [6.07, 6.45) is -1.49. The van der Waals surface area contributed by atoms with Crippen LogP contribution in [0.25, 0.3) is 22.3 Å². The first-order valence-electron chi connectivity index (χ1n) is 10.0. The lowest BCUT2D eigenvalue weighted by Gasteiger charge is -2.16. The highest BCUT2D eigenvalue weighted by molar-refractivity contribution is 5.84. The Morgan fingerprint density at radius 3 is 2.74 bits per heavy atom. The summed E-state index contributed by atoms with van der Waals surface area (Å²) < 4.78 is 48.3. The summed E-state index contributed by atoms with van der Waals surface area (Å²) in [6.45, 7) is 4.95. The normalized spacial score (nSPS) is 12.7. The first kappa shape index (κ1) is 22.6. The molecular formula is C22H24F3N5O. The largest absolute Gasteiger partial charge is 0.493 e. The Kier molecular flexibility index (Phi) is 6.81. The molecule has 0 aliphatic rings. The number of imidazole rings is 1. The molecule has 0 bridgehead atoms. The SMILES string of the molecule is CCC(C)NCCCOc1ccc(-c2cc3c(ncn3C)c(C#N)n2)cc1C(F)(F)F. The highest BCUT2D eigenvalue weighted by Crippen LogP contribution is 2.39. The zero-order chi connectivity index (χ0) is 22.6. The number of nitriles is 1. The first-order chi connectivity index (χ1) is 14.7. The van der Waals surface area contributed by atoms with E-state index >= 15 is 0 Å². The van der Waals surface area contributed by atoms with Gasteiger partial charge in [0.15, 0.2) is 5.69 Å². The van der Waals surface area contributed by atoms with E-state index in [2.05, 4.69) is 29.1 Å². The summed E-state index contributed by atoms with van der Waals surface area (Å²) in [4.78, 5) is 8.35. The number of halogens is 3. The average molecular weight is 431 g/mol. The molecule has 6 nitrogen and oxygen atoms in total. The van der Waals surface area contributed by atoms with E-state index in [1.807, 2.05) is 6.07 Å². The lowest BCUT2D eigenvalue weighted by atomic mass is 10.1. The molecule has 1 atom stereocenters. The summed E-state index contributed by atoms with van der Waals surface area (Å²) in [5.74, 6) is -0.220. The minimum atomic E-state index is -4.59. The molecule has 0 aliphatic heterocycles. The number of nitrogens with zero attached hydrogens (tertiary/aromatic N) is 4. The molecule has 0 spiro atoms. The van der Waals surface area contributed by atoms with Crippen molar-refractivity contribution in [3.05, 3.63) is 41.9 Å². The predicted octanol–water partition coefficient (Wildman–Crippen LogP) is 4.68. The van der Waals surface area contributed by atoms with Crippen molar-refractivity contribution in [1.82, 2.24) is 19.9 Å². The van der Waals surface area contributed by atoms with E-state index in [4.69, 9.17) is 4.74 Å². The Labute approximate surface area is 178 Å². The number of rotatable bonds is 8. The van der Waals surface area contributed by atoms with Crippen LogP contribution in [0.15, 0.2) is 30.6 Å². The molecule has 164 valence electrons. The number of hydrogen-bond donors (Lipinski definition) is 1. The molecule has 1 unspecified atom stereocenters. The van der Waals surface area contributed by atoms with Gasteiger partial charge in [0.05, 0.1) is 29.7 Å². The fourth-order valence-corrected chi connectivity index (χ4v) is 3.14. The number of ether oxygens (including phenoxy) is 1. The van der Waals surface area contributed by atoms with E-state index in [0.717, 1.165) is 12.5 Å². The fraction of sp³-hybridized carbons (Fsp3) is 0.409. The highest BCUT2D eigenvalue weighted by atomic mass is 19.4. The van der Waals surface area contributed by atoms with Crippen molar-refractivity contribution in [3.63, 3.8) is 0 Å². The summed E-state index contributed by atoms with van der Waals surface area (Å²) in [5, 5.41) is 12.6. The maximum absolute atomic E-state index is 13.7. The fourth-order valence-electron chi connectivity index (χ4n) is 3.14. The van der Waals surface area contributed by atoms with Crippen LogP contribution in [-0.4, -0.2) is 33.7 Å². The van der Waals surface area contributed by atoms with E-state index in [1.54, 1.807) is 17.7 Å². The van der Waals surface area contributed by atoms with E-state index in [9.17, 15) is 18.4 Å². The van der Waals surface area contributed by atoms with Gasteiger partial charge in [-0.25, -0.2) is 9.97 Å². The van der Waals surface area contributed by atoms with Crippen LogP contribution in [0.1, 0.15) is 37.9 Å². The van der Waals surface area contributed by atoms with Crippen LogP contribution in [-0.2, 0) is 13.2 Å². The molecule has 0 radical (unpaired) electrons. The lowest BCUT2D eigenvalue weighted by molar-refractivity contribution is -0.138. The number of pyridine rings is 1. The van der Waals surface area contributed by atoms with Crippen LogP contribution in [0, 0.1) is 11.3 Å². The van der Waals surface area contributed by atoms with Crippen LogP contribution in [0.4, 0.5) is 13.2 Å². The van der Waals surface area contributed by atoms with Crippen LogP contribution in [0.5, 0.6) is 5.75 Å². The molecule has 0 saturated carbocycles. The summed E-state index contributed by atoms with van der Waals surface area (Å²) in [5.41, 5.74) is 0.737. The summed E-state index contributed by atoms with van der Waals surface area (Å²) in [7, 11) is 1.74. The van der Waals surface area contributed by atoms with Gasteiger partial charge in [-0.15, -0.1) is 0 Å². The Balaban J connectivity index is 1.88. The van der Waals surface area contributed by atoms with Gasteiger partial charge in [-0.05, 0) is 50.6 Å². The van der Waals surface area contributed by atoms with Gasteiger partial charge in [-0.3, -0.25) is 0 Å². The molecule has 9 heteroatoms. The number of nitrogens with one attached hydrogen (secondary N) is 1. The number of hydrogen-bond acceptors (Lipinski definition) is 5. The smallest absolute Gasteiger partial charge is 0.419 e. The zero-order valence-electron chi connectivity index (χ0n) is 17.6. The molecule has 2 heterocycles. The zero-order valence-corrected chi connectivity index (χ0v) is 17.6.